The maximum Gasteiger partial charge on any atom is 0.321 e. The van der Waals surface area contributed by atoms with Gasteiger partial charge in [-0.3, -0.25) is 4.79 Å². The molecule has 1 fully saturated rings. The van der Waals surface area contributed by atoms with Crippen LogP contribution in [0, 0.1) is 6.92 Å². The topological polar surface area (TPSA) is 87.3 Å². The van der Waals surface area contributed by atoms with Gasteiger partial charge in [0.05, 0.1) is 11.4 Å². The SMILES string of the molecule is C=CCOc1ccccc1NC(=O)N1CCCC(c2cc(=O)[nH]c(C)n2)C1. The average molecular weight is 368 g/mol. The molecule has 7 heteroatoms. The van der Waals surface area contributed by atoms with Crippen molar-refractivity contribution >= 4 is 11.7 Å². The van der Waals surface area contributed by atoms with E-state index in [1.54, 1.807) is 30.0 Å². The first kappa shape index (κ1) is 18.7. The van der Waals surface area contributed by atoms with Crippen molar-refractivity contribution in [3.05, 3.63) is 64.9 Å². The van der Waals surface area contributed by atoms with E-state index in [0.717, 1.165) is 18.5 Å². The highest BCUT2D eigenvalue weighted by Gasteiger charge is 2.26. The standard InChI is InChI=1S/C20H24N4O3/c1-3-11-27-18-9-5-4-8-16(18)23-20(26)24-10-6-7-15(13-24)17-12-19(25)22-14(2)21-17/h3-5,8-9,12,15H,1,6-7,10-11,13H2,2H3,(H,23,26)(H,21,22,25). The monoisotopic (exact) mass is 368 g/mol. The second kappa shape index (κ2) is 8.53. The Morgan fingerprint density at radius 1 is 1.48 bits per heavy atom. The molecule has 27 heavy (non-hydrogen) atoms. The van der Waals surface area contributed by atoms with E-state index in [4.69, 9.17) is 4.74 Å². The van der Waals surface area contributed by atoms with E-state index in [1.807, 2.05) is 12.1 Å². The Morgan fingerprint density at radius 2 is 2.30 bits per heavy atom. The minimum atomic E-state index is -0.184. The molecule has 0 radical (unpaired) electrons. The number of hydrogen-bond acceptors (Lipinski definition) is 4. The number of piperidine rings is 1. The maximum atomic E-state index is 12.8. The second-order valence-electron chi connectivity index (χ2n) is 6.57. The average Bonchev–Trinajstić information content (AvgIpc) is 2.66. The summed E-state index contributed by atoms with van der Waals surface area (Å²) in [6, 6.07) is 8.65. The summed E-state index contributed by atoms with van der Waals surface area (Å²) in [5.74, 6) is 1.25. The molecule has 1 atom stereocenters. The number of amides is 2. The number of carbonyl (C=O) groups excluding carboxylic acids is 1. The molecular formula is C20H24N4O3. The molecule has 1 aliphatic rings. The molecule has 1 saturated heterocycles. The van der Waals surface area contributed by atoms with Crippen molar-refractivity contribution in [1.82, 2.24) is 14.9 Å². The minimum Gasteiger partial charge on any atom is -0.487 e. The highest BCUT2D eigenvalue weighted by molar-refractivity contribution is 5.91. The third kappa shape index (κ3) is 4.75. The summed E-state index contributed by atoms with van der Waals surface area (Å²) < 4.78 is 5.59. The van der Waals surface area contributed by atoms with E-state index in [2.05, 4.69) is 21.9 Å². The molecule has 0 aliphatic carbocycles. The molecule has 3 rings (SSSR count). The normalized spacial score (nSPS) is 16.6. The van der Waals surface area contributed by atoms with Gasteiger partial charge >= 0.3 is 6.03 Å². The summed E-state index contributed by atoms with van der Waals surface area (Å²) in [4.78, 5) is 33.3. The number of aromatic amines is 1. The van der Waals surface area contributed by atoms with Gasteiger partial charge in [-0.2, -0.15) is 0 Å². The number of aryl methyl sites for hydroxylation is 1. The lowest BCUT2D eigenvalue weighted by atomic mass is 9.94. The third-order valence-corrected chi connectivity index (χ3v) is 4.49. The van der Waals surface area contributed by atoms with Crippen LogP contribution in [0.3, 0.4) is 0 Å². The van der Waals surface area contributed by atoms with Gasteiger partial charge < -0.3 is 19.9 Å². The number of nitrogens with one attached hydrogen (secondary N) is 2. The van der Waals surface area contributed by atoms with Crippen molar-refractivity contribution in [2.24, 2.45) is 0 Å². The Balaban J connectivity index is 1.70. The largest absolute Gasteiger partial charge is 0.487 e. The smallest absolute Gasteiger partial charge is 0.321 e. The van der Waals surface area contributed by atoms with Crippen LogP contribution in [0.4, 0.5) is 10.5 Å². The number of rotatable bonds is 5. The number of nitrogens with zero attached hydrogens (tertiary/aromatic N) is 2. The van der Waals surface area contributed by atoms with Crippen LogP contribution < -0.4 is 15.6 Å². The zero-order valence-electron chi connectivity index (χ0n) is 15.4. The predicted octanol–water partition coefficient (Wildman–Crippen LogP) is 3.05. The number of ether oxygens (including phenoxy) is 1. The Morgan fingerprint density at radius 3 is 3.07 bits per heavy atom. The molecule has 2 aromatic rings. The molecule has 142 valence electrons. The first-order valence-electron chi connectivity index (χ1n) is 9.03. The van der Waals surface area contributed by atoms with Crippen LogP contribution in [-0.4, -0.2) is 40.6 Å². The lowest BCUT2D eigenvalue weighted by Gasteiger charge is -2.32. The Bertz CT molecular complexity index is 878. The zero-order valence-corrected chi connectivity index (χ0v) is 15.4. The van der Waals surface area contributed by atoms with E-state index >= 15 is 0 Å². The van der Waals surface area contributed by atoms with Gasteiger partial charge in [-0.25, -0.2) is 9.78 Å². The molecule has 1 aromatic carbocycles. The predicted molar refractivity (Wildman–Crippen MR) is 104 cm³/mol. The number of carbonyl (C=O) groups is 1. The van der Waals surface area contributed by atoms with Gasteiger partial charge in [0.25, 0.3) is 5.56 Å². The molecule has 1 unspecified atom stereocenters. The number of H-pyrrole nitrogens is 1. The summed E-state index contributed by atoms with van der Waals surface area (Å²) in [6.07, 6.45) is 3.42. The first-order valence-corrected chi connectivity index (χ1v) is 9.03. The number of para-hydroxylation sites is 2. The molecule has 2 amide bonds. The highest BCUT2D eigenvalue weighted by Crippen LogP contribution is 2.27. The van der Waals surface area contributed by atoms with Gasteiger partial charge in [0.2, 0.25) is 0 Å². The number of urea groups is 1. The second-order valence-corrected chi connectivity index (χ2v) is 6.57. The van der Waals surface area contributed by atoms with E-state index in [1.165, 1.54) is 6.07 Å². The Hall–Kier alpha value is -3.09. The van der Waals surface area contributed by atoms with Crippen molar-refractivity contribution in [3.63, 3.8) is 0 Å². The van der Waals surface area contributed by atoms with Gasteiger partial charge in [0.15, 0.2) is 0 Å². The molecule has 0 bridgehead atoms. The van der Waals surface area contributed by atoms with Crippen LogP contribution in [0.5, 0.6) is 5.75 Å². The number of likely N-dealkylation sites (tertiary alicyclic amines) is 1. The minimum absolute atomic E-state index is 0.0535. The summed E-state index contributed by atoms with van der Waals surface area (Å²) in [6.45, 7) is 6.96. The molecule has 7 nitrogen and oxygen atoms in total. The highest BCUT2D eigenvalue weighted by atomic mass is 16.5. The zero-order chi connectivity index (χ0) is 19.2. The van der Waals surface area contributed by atoms with Gasteiger partial charge in [-0.15, -0.1) is 0 Å². The van der Waals surface area contributed by atoms with Crippen LogP contribution in [0.2, 0.25) is 0 Å². The van der Waals surface area contributed by atoms with Crippen molar-refractivity contribution in [1.29, 1.82) is 0 Å². The first-order chi connectivity index (χ1) is 13.1. The fourth-order valence-corrected chi connectivity index (χ4v) is 3.25. The van der Waals surface area contributed by atoms with Gasteiger partial charge in [0, 0.05) is 25.1 Å². The molecule has 1 aliphatic heterocycles. The molecule has 0 spiro atoms. The van der Waals surface area contributed by atoms with Crippen molar-refractivity contribution in [3.8, 4) is 5.75 Å². The van der Waals surface area contributed by atoms with Crippen LogP contribution in [0.25, 0.3) is 0 Å². The quantitative estimate of drug-likeness (QED) is 0.794. The number of anilines is 1. The summed E-state index contributed by atoms with van der Waals surface area (Å²) in [5, 5.41) is 2.92. The van der Waals surface area contributed by atoms with Crippen LogP contribution in [0.1, 0.15) is 30.3 Å². The lowest BCUT2D eigenvalue weighted by Crippen LogP contribution is -2.42. The van der Waals surface area contributed by atoms with Crippen LogP contribution in [-0.2, 0) is 0 Å². The summed E-state index contributed by atoms with van der Waals surface area (Å²) >= 11 is 0. The Labute approximate surface area is 158 Å². The summed E-state index contributed by atoms with van der Waals surface area (Å²) in [5.41, 5.74) is 1.20. The molecule has 2 N–H and O–H groups in total. The number of aromatic nitrogens is 2. The fraction of sp³-hybridized carbons (Fsp3) is 0.350. The van der Waals surface area contributed by atoms with Gasteiger partial charge in [-0.05, 0) is 31.9 Å². The van der Waals surface area contributed by atoms with Gasteiger partial charge in [0.1, 0.15) is 18.2 Å². The fourth-order valence-electron chi connectivity index (χ4n) is 3.25. The molecule has 1 aromatic heterocycles. The van der Waals surface area contributed by atoms with E-state index < -0.39 is 0 Å². The van der Waals surface area contributed by atoms with Crippen LogP contribution in [0.15, 0.2) is 47.8 Å². The molecule has 0 saturated carbocycles. The van der Waals surface area contributed by atoms with E-state index in [0.29, 0.717) is 37.0 Å². The van der Waals surface area contributed by atoms with E-state index in [-0.39, 0.29) is 17.5 Å². The van der Waals surface area contributed by atoms with Crippen molar-refractivity contribution in [2.45, 2.75) is 25.7 Å². The number of hydrogen-bond donors (Lipinski definition) is 2. The van der Waals surface area contributed by atoms with E-state index in [9.17, 15) is 9.59 Å². The maximum absolute atomic E-state index is 12.8. The molecule has 2 heterocycles. The summed E-state index contributed by atoms with van der Waals surface area (Å²) in [7, 11) is 0. The van der Waals surface area contributed by atoms with Crippen molar-refractivity contribution < 1.29 is 9.53 Å². The Kier molecular flexibility index (Phi) is 5.90. The molecular weight excluding hydrogens is 344 g/mol. The number of benzene rings is 1. The van der Waals surface area contributed by atoms with Crippen LogP contribution >= 0.6 is 0 Å². The third-order valence-electron chi connectivity index (χ3n) is 4.49. The van der Waals surface area contributed by atoms with Gasteiger partial charge in [-0.1, -0.05) is 24.8 Å². The lowest BCUT2D eigenvalue weighted by molar-refractivity contribution is 0.192. The van der Waals surface area contributed by atoms with Crippen molar-refractivity contribution in [2.75, 3.05) is 25.0 Å².